The number of nitrogens with zero attached hydrogens (tertiary/aromatic N) is 1. The number of nitrogens with one attached hydrogen (secondary N) is 1. The van der Waals surface area contributed by atoms with Crippen molar-refractivity contribution >= 4 is 0 Å². The topological polar surface area (TPSA) is 54.4 Å². The molecule has 1 aromatic heterocycles. The maximum Gasteiger partial charge on any atom is 0.417 e. The predicted molar refractivity (Wildman–Crippen MR) is 63.9 cm³/mol. The van der Waals surface area contributed by atoms with E-state index in [1.54, 1.807) is 19.1 Å². The van der Waals surface area contributed by atoms with Gasteiger partial charge in [0.2, 0.25) is 0 Å². The summed E-state index contributed by atoms with van der Waals surface area (Å²) in [6.45, 7) is 3.96. The molecular weight excluding hydrogens is 261 g/mol. The third kappa shape index (κ3) is 5.04. The van der Waals surface area contributed by atoms with Gasteiger partial charge in [-0.2, -0.15) is 13.2 Å². The van der Waals surface area contributed by atoms with Crippen molar-refractivity contribution in [1.82, 2.24) is 10.3 Å². The second-order valence-corrected chi connectivity index (χ2v) is 4.05. The molecule has 108 valence electrons. The van der Waals surface area contributed by atoms with Gasteiger partial charge in [-0.3, -0.25) is 4.98 Å². The fourth-order valence-corrected chi connectivity index (χ4v) is 1.36. The van der Waals surface area contributed by atoms with Gasteiger partial charge in [0.1, 0.15) is 12.4 Å². The Morgan fingerprint density at radius 2 is 2.11 bits per heavy atom. The highest BCUT2D eigenvalue weighted by atomic mass is 19.4. The number of halogens is 3. The molecule has 1 heterocycles. The first kappa shape index (κ1) is 15.7. The van der Waals surface area contributed by atoms with Crippen LogP contribution in [0.15, 0.2) is 12.1 Å². The molecule has 0 aliphatic carbocycles. The molecule has 19 heavy (non-hydrogen) atoms. The van der Waals surface area contributed by atoms with Crippen molar-refractivity contribution in [3.8, 4) is 5.75 Å². The minimum Gasteiger partial charge on any atom is -0.489 e. The smallest absolute Gasteiger partial charge is 0.417 e. The number of pyridine rings is 1. The largest absolute Gasteiger partial charge is 0.489 e. The van der Waals surface area contributed by atoms with Gasteiger partial charge in [-0.15, -0.1) is 0 Å². The third-order valence-electron chi connectivity index (χ3n) is 2.39. The SMILES string of the molecule is CCNCc1nc(C)ccc1OCC(O)C(F)(F)F. The molecule has 1 rings (SSSR count). The normalized spacial score (nSPS) is 13.4. The molecule has 0 bridgehead atoms. The Morgan fingerprint density at radius 1 is 1.42 bits per heavy atom. The van der Waals surface area contributed by atoms with Crippen LogP contribution in [-0.4, -0.2) is 35.5 Å². The van der Waals surface area contributed by atoms with Crippen LogP contribution in [0, 0.1) is 6.92 Å². The summed E-state index contributed by atoms with van der Waals surface area (Å²) in [6.07, 6.45) is -7.18. The summed E-state index contributed by atoms with van der Waals surface area (Å²) in [5, 5.41) is 11.9. The second kappa shape index (κ2) is 6.72. The molecule has 0 saturated heterocycles. The number of hydrogen-bond donors (Lipinski definition) is 2. The van der Waals surface area contributed by atoms with Gasteiger partial charge in [0.25, 0.3) is 0 Å². The van der Waals surface area contributed by atoms with Gasteiger partial charge in [-0.05, 0) is 25.6 Å². The zero-order valence-electron chi connectivity index (χ0n) is 10.8. The van der Waals surface area contributed by atoms with Gasteiger partial charge < -0.3 is 15.2 Å². The standard InChI is InChI=1S/C12H17F3N2O2/c1-3-16-6-9-10(5-4-8(2)17-9)19-7-11(18)12(13,14)15/h4-5,11,16,18H,3,6-7H2,1-2H3. The van der Waals surface area contributed by atoms with Gasteiger partial charge in [-0.1, -0.05) is 6.92 Å². The highest BCUT2D eigenvalue weighted by Gasteiger charge is 2.38. The van der Waals surface area contributed by atoms with E-state index in [1.807, 2.05) is 6.92 Å². The maximum absolute atomic E-state index is 12.2. The molecule has 4 nitrogen and oxygen atoms in total. The van der Waals surface area contributed by atoms with E-state index in [9.17, 15) is 13.2 Å². The van der Waals surface area contributed by atoms with Gasteiger partial charge >= 0.3 is 6.18 Å². The molecule has 0 saturated carbocycles. The molecule has 0 aliphatic heterocycles. The monoisotopic (exact) mass is 278 g/mol. The minimum atomic E-state index is -4.68. The first-order chi connectivity index (χ1) is 8.84. The summed E-state index contributed by atoms with van der Waals surface area (Å²) in [7, 11) is 0. The zero-order chi connectivity index (χ0) is 14.5. The molecule has 0 aromatic carbocycles. The van der Waals surface area contributed by atoms with E-state index in [4.69, 9.17) is 9.84 Å². The lowest BCUT2D eigenvalue weighted by molar-refractivity contribution is -0.210. The van der Waals surface area contributed by atoms with Crippen LogP contribution >= 0.6 is 0 Å². The Labute approximate surface area is 109 Å². The molecule has 0 amide bonds. The lowest BCUT2D eigenvalue weighted by atomic mass is 10.2. The zero-order valence-corrected chi connectivity index (χ0v) is 10.8. The predicted octanol–water partition coefficient (Wildman–Crippen LogP) is 1.80. The minimum absolute atomic E-state index is 0.245. The van der Waals surface area contributed by atoms with Crippen LogP contribution in [0.4, 0.5) is 13.2 Å². The Hall–Kier alpha value is -1.34. The Kier molecular flexibility index (Phi) is 5.56. The first-order valence-corrected chi connectivity index (χ1v) is 5.89. The molecule has 1 unspecified atom stereocenters. The summed E-state index contributed by atoms with van der Waals surface area (Å²) in [5.41, 5.74) is 1.27. The molecular formula is C12H17F3N2O2. The van der Waals surface area contributed by atoms with Crippen molar-refractivity contribution in [3.63, 3.8) is 0 Å². The van der Waals surface area contributed by atoms with Crippen LogP contribution in [-0.2, 0) is 6.54 Å². The van der Waals surface area contributed by atoms with Crippen LogP contribution in [0.5, 0.6) is 5.75 Å². The number of rotatable bonds is 6. The number of hydrogen-bond acceptors (Lipinski definition) is 4. The first-order valence-electron chi connectivity index (χ1n) is 5.89. The lowest BCUT2D eigenvalue weighted by Gasteiger charge is -2.17. The number of alkyl halides is 3. The third-order valence-corrected chi connectivity index (χ3v) is 2.39. The summed E-state index contributed by atoms with van der Waals surface area (Å²) in [5.74, 6) is 0.245. The number of aliphatic hydroxyl groups excluding tert-OH is 1. The van der Waals surface area contributed by atoms with E-state index in [0.717, 1.165) is 5.69 Å². The van der Waals surface area contributed by atoms with E-state index in [1.165, 1.54) is 0 Å². The quantitative estimate of drug-likeness (QED) is 0.833. The number of ether oxygens (including phenoxy) is 1. The Morgan fingerprint density at radius 3 is 2.68 bits per heavy atom. The molecule has 2 N–H and O–H groups in total. The van der Waals surface area contributed by atoms with Crippen LogP contribution in [0.2, 0.25) is 0 Å². The van der Waals surface area contributed by atoms with E-state index < -0.39 is 18.9 Å². The van der Waals surface area contributed by atoms with E-state index in [2.05, 4.69) is 10.3 Å². The van der Waals surface area contributed by atoms with Crippen molar-refractivity contribution in [2.75, 3.05) is 13.2 Å². The summed E-state index contributed by atoms with van der Waals surface area (Å²) in [4.78, 5) is 4.20. The molecule has 1 atom stereocenters. The van der Waals surface area contributed by atoms with Crippen LogP contribution in [0.1, 0.15) is 18.3 Å². The van der Waals surface area contributed by atoms with E-state index in [0.29, 0.717) is 18.8 Å². The van der Waals surface area contributed by atoms with Gasteiger partial charge in [-0.25, -0.2) is 0 Å². The fourth-order valence-electron chi connectivity index (χ4n) is 1.36. The van der Waals surface area contributed by atoms with Crippen molar-refractivity contribution in [1.29, 1.82) is 0 Å². The average Bonchev–Trinajstić information content (AvgIpc) is 2.33. The van der Waals surface area contributed by atoms with Crippen LogP contribution < -0.4 is 10.1 Å². The van der Waals surface area contributed by atoms with Crippen LogP contribution in [0.25, 0.3) is 0 Å². The van der Waals surface area contributed by atoms with Crippen molar-refractivity contribution < 1.29 is 23.0 Å². The fraction of sp³-hybridized carbons (Fsp3) is 0.583. The summed E-state index contributed by atoms with van der Waals surface area (Å²) < 4.78 is 41.5. The van der Waals surface area contributed by atoms with Gasteiger partial charge in [0.15, 0.2) is 6.10 Å². The van der Waals surface area contributed by atoms with Crippen LogP contribution in [0.3, 0.4) is 0 Å². The molecule has 7 heteroatoms. The van der Waals surface area contributed by atoms with E-state index >= 15 is 0 Å². The molecule has 0 radical (unpaired) electrons. The maximum atomic E-state index is 12.2. The lowest BCUT2D eigenvalue weighted by Crippen LogP contribution is -2.34. The summed E-state index contributed by atoms with van der Waals surface area (Å²) >= 11 is 0. The van der Waals surface area contributed by atoms with Crippen molar-refractivity contribution in [2.24, 2.45) is 0 Å². The molecule has 0 aliphatic rings. The van der Waals surface area contributed by atoms with E-state index in [-0.39, 0.29) is 5.75 Å². The number of aromatic nitrogens is 1. The molecule has 0 fully saturated rings. The summed E-state index contributed by atoms with van der Waals surface area (Å²) in [6, 6.07) is 3.20. The highest BCUT2D eigenvalue weighted by Crippen LogP contribution is 2.22. The Balaban J connectivity index is 2.71. The Bertz CT molecular complexity index is 410. The van der Waals surface area contributed by atoms with Gasteiger partial charge in [0.05, 0.1) is 5.69 Å². The highest BCUT2D eigenvalue weighted by molar-refractivity contribution is 5.29. The molecule has 1 aromatic rings. The van der Waals surface area contributed by atoms with Crippen molar-refractivity contribution in [3.05, 3.63) is 23.5 Å². The van der Waals surface area contributed by atoms with Gasteiger partial charge in [0, 0.05) is 12.2 Å². The second-order valence-electron chi connectivity index (χ2n) is 4.05. The number of aryl methyl sites for hydroxylation is 1. The molecule has 0 spiro atoms. The average molecular weight is 278 g/mol. The van der Waals surface area contributed by atoms with Crippen molar-refractivity contribution in [2.45, 2.75) is 32.7 Å². The number of aliphatic hydroxyl groups is 1.